The Bertz CT molecular complexity index is 341. The second-order valence-electron chi connectivity index (χ2n) is 3.56. The summed E-state index contributed by atoms with van der Waals surface area (Å²) in [6, 6.07) is 7.84. The molecule has 1 N–H and O–H groups in total. The number of hydrogen-bond acceptors (Lipinski definition) is 1. The van der Waals surface area contributed by atoms with Crippen molar-refractivity contribution >= 4 is 17.5 Å². The van der Waals surface area contributed by atoms with Crippen molar-refractivity contribution in [3.05, 3.63) is 34.9 Å². The molecule has 1 aromatic rings. The van der Waals surface area contributed by atoms with Crippen molar-refractivity contribution in [1.29, 1.82) is 0 Å². The highest BCUT2D eigenvalue weighted by molar-refractivity contribution is 6.31. The van der Waals surface area contributed by atoms with E-state index in [1.54, 1.807) is 0 Å². The van der Waals surface area contributed by atoms with Crippen LogP contribution in [0.1, 0.15) is 24.3 Å². The summed E-state index contributed by atoms with van der Waals surface area (Å²) < 4.78 is 0. The van der Waals surface area contributed by atoms with Crippen molar-refractivity contribution in [3.63, 3.8) is 0 Å². The lowest BCUT2D eigenvalue weighted by Crippen LogP contribution is -2.33. The van der Waals surface area contributed by atoms with E-state index < -0.39 is 0 Å². The van der Waals surface area contributed by atoms with Crippen LogP contribution in [0.2, 0.25) is 5.02 Å². The Kier molecular flexibility index (Phi) is 2.73. The average Bonchev–Trinajstić information content (AvgIpc) is 2.20. The predicted molar refractivity (Wildman–Crippen MR) is 56.4 cm³/mol. The molecule has 1 aliphatic rings. The minimum absolute atomic E-state index is 0.147. The van der Waals surface area contributed by atoms with E-state index in [-0.39, 0.29) is 5.91 Å². The Morgan fingerprint density at radius 2 is 2.14 bits per heavy atom. The molecule has 0 saturated carbocycles. The van der Waals surface area contributed by atoms with Crippen molar-refractivity contribution in [2.45, 2.75) is 18.8 Å². The van der Waals surface area contributed by atoms with Gasteiger partial charge in [-0.05, 0) is 18.1 Å². The largest absolute Gasteiger partial charge is 0.355 e. The molecule has 0 spiro atoms. The molecule has 1 aliphatic heterocycles. The molecule has 14 heavy (non-hydrogen) atoms. The molecule has 0 aliphatic carbocycles. The molecule has 2 rings (SSSR count). The molecular formula is C11H12ClNO. The monoisotopic (exact) mass is 209 g/mol. The van der Waals surface area contributed by atoms with Crippen LogP contribution >= 0.6 is 11.6 Å². The average molecular weight is 210 g/mol. The fraction of sp³-hybridized carbons (Fsp3) is 0.364. The van der Waals surface area contributed by atoms with Gasteiger partial charge in [-0.25, -0.2) is 0 Å². The molecule has 0 radical (unpaired) electrons. The Morgan fingerprint density at radius 3 is 2.79 bits per heavy atom. The molecule has 1 heterocycles. The third-order valence-corrected chi connectivity index (χ3v) is 2.95. The van der Waals surface area contributed by atoms with Crippen molar-refractivity contribution in [2.75, 3.05) is 6.54 Å². The lowest BCUT2D eigenvalue weighted by Gasteiger charge is -2.23. The topological polar surface area (TPSA) is 29.1 Å². The molecule has 74 valence electrons. The van der Waals surface area contributed by atoms with Crippen LogP contribution in [0.25, 0.3) is 0 Å². The zero-order valence-corrected chi connectivity index (χ0v) is 8.55. The first-order chi connectivity index (χ1) is 6.77. The highest BCUT2D eigenvalue weighted by atomic mass is 35.5. The van der Waals surface area contributed by atoms with Crippen LogP contribution in [0.4, 0.5) is 0 Å². The Hall–Kier alpha value is -1.02. The number of carbonyl (C=O) groups excluding carboxylic acids is 1. The maximum Gasteiger partial charge on any atom is 0.220 e. The summed E-state index contributed by atoms with van der Waals surface area (Å²) in [5.74, 6) is 0.523. The molecule has 1 saturated heterocycles. The van der Waals surface area contributed by atoms with Gasteiger partial charge in [-0.1, -0.05) is 29.8 Å². The van der Waals surface area contributed by atoms with Crippen LogP contribution in [-0.2, 0) is 4.79 Å². The molecule has 0 bridgehead atoms. The van der Waals surface area contributed by atoms with E-state index in [4.69, 9.17) is 11.6 Å². The molecule has 1 fully saturated rings. The van der Waals surface area contributed by atoms with Gasteiger partial charge in [-0.15, -0.1) is 0 Å². The van der Waals surface area contributed by atoms with Crippen LogP contribution in [-0.4, -0.2) is 12.5 Å². The van der Waals surface area contributed by atoms with Gasteiger partial charge in [0.25, 0.3) is 0 Å². The summed E-state index contributed by atoms with van der Waals surface area (Å²) in [5, 5.41) is 3.66. The summed E-state index contributed by atoms with van der Waals surface area (Å²) >= 11 is 6.08. The summed E-state index contributed by atoms with van der Waals surface area (Å²) in [5.41, 5.74) is 1.15. The Balaban J connectivity index is 2.16. The zero-order valence-electron chi connectivity index (χ0n) is 7.79. The third-order valence-electron chi connectivity index (χ3n) is 2.61. The number of rotatable bonds is 1. The Labute approximate surface area is 88.3 Å². The van der Waals surface area contributed by atoms with Crippen LogP contribution in [0.15, 0.2) is 24.3 Å². The van der Waals surface area contributed by atoms with Crippen molar-refractivity contribution in [1.82, 2.24) is 5.32 Å². The third kappa shape index (κ3) is 1.90. The quantitative estimate of drug-likeness (QED) is 0.756. The summed E-state index contributed by atoms with van der Waals surface area (Å²) in [6.07, 6.45) is 1.51. The van der Waals surface area contributed by atoms with Gasteiger partial charge in [-0.2, -0.15) is 0 Å². The van der Waals surface area contributed by atoms with Crippen molar-refractivity contribution in [2.24, 2.45) is 0 Å². The van der Waals surface area contributed by atoms with E-state index in [0.717, 1.165) is 17.0 Å². The van der Waals surface area contributed by atoms with Crippen LogP contribution in [0.3, 0.4) is 0 Å². The highest BCUT2D eigenvalue weighted by Gasteiger charge is 2.20. The number of piperidine rings is 1. The number of carbonyl (C=O) groups is 1. The van der Waals surface area contributed by atoms with Crippen molar-refractivity contribution in [3.8, 4) is 0 Å². The second-order valence-corrected chi connectivity index (χ2v) is 3.97. The number of benzene rings is 1. The highest BCUT2D eigenvalue weighted by Crippen LogP contribution is 2.29. The molecule has 1 aromatic carbocycles. The van der Waals surface area contributed by atoms with Gasteiger partial charge in [0, 0.05) is 23.9 Å². The molecule has 0 aromatic heterocycles. The molecule has 1 amide bonds. The predicted octanol–water partition coefficient (Wildman–Crippen LogP) is 2.33. The number of amides is 1. The minimum Gasteiger partial charge on any atom is -0.355 e. The standard InChI is InChI=1S/C11H12ClNO/c12-10-4-2-1-3-9(10)8-5-6-11(14)13-7-8/h1-4,8H,5-7H2,(H,13,14)/t8-/m1/s1. The normalized spacial score (nSPS) is 21.8. The van der Waals surface area contributed by atoms with Gasteiger partial charge in [0.15, 0.2) is 0 Å². The number of nitrogens with one attached hydrogen (secondary N) is 1. The van der Waals surface area contributed by atoms with Gasteiger partial charge in [0.1, 0.15) is 0 Å². The maximum absolute atomic E-state index is 11.0. The first-order valence-electron chi connectivity index (χ1n) is 4.78. The van der Waals surface area contributed by atoms with Gasteiger partial charge in [0.05, 0.1) is 0 Å². The SMILES string of the molecule is O=C1CC[C@@H](c2ccccc2Cl)CN1. The van der Waals surface area contributed by atoms with Gasteiger partial charge >= 0.3 is 0 Å². The van der Waals surface area contributed by atoms with E-state index in [2.05, 4.69) is 5.32 Å². The minimum atomic E-state index is 0.147. The summed E-state index contributed by atoms with van der Waals surface area (Å²) in [7, 11) is 0. The van der Waals surface area contributed by atoms with E-state index in [1.807, 2.05) is 24.3 Å². The fourth-order valence-electron chi connectivity index (χ4n) is 1.80. The van der Waals surface area contributed by atoms with Gasteiger partial charge < -0.3 is 5.32 Å². The Morgan fingerprint density at radius 1 is 1.36 bits per heavy atom. The van der Waals surface area contributed by atoms with Crippen LogP contribution in [0.5, 0.6) is 0 Å². The zero-order chi connectivity index (χ0) is 9.97. The summed E-state index contributed by atoms with van der Waals surface area (Å²) in [6.45, 7) is 0.711. The van der Waals surface area contributed by atoms with Gasteiger partial charge in [0.2, 0.25) is 5.91 Å². The van der Waals surface area contributed by atoms with Crippen LogP contribution in [0, 0.1) is 0 Å². The second kappa shape index (κ2) is 4.01. The maximum atomic E-state index is 11.0. The number of halogens is 1. The molecule has 2 nitrogen and oxygen atoms in total. The van der Waals surface area contributed by atoms with E-state index in [1.165, 1.54) is 0 Å². The van der Waals surface area contributed by atoms with E-state index in [0.29, 0.717) is 18.9 Å². The molecule has 1 atom stereocenters. The molecule has 3 heteroatoms. The van der Waals surface area contributed by atoms with Crippen molar-refractivity contribution < 1.29 is 4.79 Å². The lowest BCUT2D eigenvalue weighted by atomic mass is 9.91. The first-order valence-corrected chi connectivity index (χ1v) is 5.16. The first kappa shape index (κ1) is 9.53. The van der Waals surface area contributed by atoms with E-state index in [9.17, 15) is 4.79 Å². The lowest BCUT2D eigenvalue weighted by molar-refractivity contribution is -0.122. The van der Waals surface area contributed by atoms with E-state index >= 15 is 0 Å². The summed E-state index contributed by atoms with van der Waals surface area (Å²) in [4.78, 5) is 11.0. The number of hydrogen-bond donors (Lipinski definition) is 1. The fourth-order valence-corrected chi connectivity index (χ4v) is 2.09. The van der Waals surface area contributed by atoms with Crippen LogP contribution < -0.4 is 5.32 Å². The molecule has 0 unspecified atom stereocenters. The smallest absolute Gasteiger partial charge is 0.220 e. The van der Waals surface area contributed by atoms with Gasteiger partial charge in [-0.3, -0.25) is 4.79 Å². The molecular weight excluding hydrogens is 198 g/mol.